The molecule has 0 bridgehead atoms. The van der Waals surface area contributed by atoms with E-state index in [0.717, 1.165) is 5.92 Å². The molecule has 0 atom stereocenters. The first-order valence-electron chi connectivity index (χ1n) is 6.27. The van der Waals surface area contributed by atoms with Gasteiger partial charge in [0.1, 0.15) is 0 Å². The average Bonchev–Trinajstić information content (AvgIpc) is 2.83. The van der Waals surface area contributed by atoms with E-state index in [-0.39, 0.29) is 0 Å². The molecule has 0 saturated heterocycles. The minimum atomic E-state index is 0.296. The molecule has 0 aromatic carbocycles. The van der Waals surface area contributed by atoms with Gasteiger partial charge in [-0.1, -0.05) is 12.8 Å². The highest BCUT2D eigenvalue weighted by molar-refractivity contribution is 4.99. The van der Waals surface area contributed by atoms with Crippen molar-refractivity contribution >= 4 is 0 Å². The molecule has 0 aromatic heterocycles. The molecule has 1 nitrogen and oxygen atoms in total. The molecule has 2 aliphatic carbocycles. The van der Waals surface area contributed by atoms with Crippen LogP contribution in [0.4, 0.5) is 0 Å². The standard InChI is InChI=1S/C13H25N/c1-12(2,3)14-10-13(11-6-7-11)8-4-5-9-13/h11,14H,4-10H2,1-3H3. The van der Waals surface area contributed by atoms with Crippen molar-refractivity contribution in [2.24, 2.45) is 11.3 Å². The topological polar surface area (TPSA) is 12.0 Å². The van der Waals surface area contributed by atoms with Gasteiger partial charge in [0.25, 0.3) is 0 Å². The molecule has 14 heavy (non-hydrogen) atoms. The highest BCUT2D eigenvalue weighted by atomic mass is 15.0. The van der Waals surface area contributed by atoms with E-state index in [2.05, 4.69) is 26.1 Å². The van der Waals surface area contributed by atoms with Crippen molar-refractivity contribution in [1.29, 1.82) is 0 Å². The molecular formula is C13H25N. The van der Waals surface area contributed by atoms with Crippen LogP contribution < -0.4 is 5.32 Å². The molecule has 0 aliphatic heterocycles. The van der Waals surface area contributed by atoms with Crippen molar-refractivity contribution in [3.63, 3.8) is 0 Å². The Labute approximate surface area is 88.7 Å². The van der Waals surface area contributed by atoms with Crippen LogP contribution in [0.1, 0.15) is 59.3 Å². The van der Waals surface area contributed by atoms with Gasteiger partial charge in [0.2, 0.25) is 0 Å². The normalized spacial score (nSPS) is 26.8. The van der Waals surface area contributed by atoms with Gasteiger partial charge in [-0.3, -0.25) is 0 Å². The van der Waals surface area contributed by atoms with Gasteiger partial charge >= 0.3 is 0 Å². The Hall–Kier alpha value is -0.0400. The highest BCUT2D eigenvalue weighted by Crippen LogP contribution is 2.54. The van der Waals surface area contributed by atoms with Crippen molar-refractivity contribution < 1.29 is 0 Å². The molecule has 1 heteroatoms. The van der Waals surface area contributed by atoms with Crippen LogP contribution >= 0.6 is 0 Å². The van der Waals surface area contributed by atoms with Crippen molar-refractivity contribution in [3.05, 3.63) is 0 Å². The lowest BCUT2D eigenvalue weighted by atomic mass is 9.80. The van der Waals surface area contributed by atoms with Crippen LogP contribution in [0.3, 0.4) is 0 Å². The van der Waals surface area contributed by atoms with Gasteiger partial charge in [0, 0.05) is 12.1 Å². The summed E-state index contributed by atoms with van der Waals surface area (Å²) in [6, 6.07) is 0. The largest absolute Gasteiger partial charge is 0.312 e. The quantitative estimate of drug-likeness (QED) is 0.728. The summed E-state index contributed by atoms with van der Waals surface area (Å²) in [6.45, 7) is 8.11. The SMILES string of the molecule is CC(C)(C)NCC1(C2CC2)CCCC1. The lowest BCUT2D eigenvalue weighted by Gasteiger charge is -2.33. The zero-order valence-corrected chi connectivity index (χ0v) is 10.0. The summed E-state index contributed by atoms with van der Waals surface area (Å²) >= 11 is 0. The van der Waals surface area contributed by atoms with Crippen LogP contribution in [0.25, 0.3) is 0 Å². The number of rotatable bonds is 3. The lowest BCUT2D eigenvalue weighted by Crippen LogP contribution is -2.43. The third-order valence-electron chi connectivity index (χ3n) is 4.01. The predicted octanol–water partition coefficient (Wildman–Crippen LogP) is 3.34. The second-order valence-corrected chi connectivity index (χ2v) is 6.45. The molecule has 2 saturated carbocycles. The van der Waals surface area contributed by atoms with Crippen molar-refractivity contribution in [1.82, 2.24) is 5.32 Å². The summed E-state index contributed by atoms with van der Waals surface area (Å²) in [5.41, 5.74) is 0.998. The zero-order chi connectivity index (χ0) is 10.2. The van der Waals surface area contributed by atoms with Gasteiger partial charge in [0.05, 0.1) is 0 Å². The van der Waals surface area contributed by atoms with Crippen LogP contribution in [0.2, 0.25) is 0 Å². The highest BCUT2D eigenvalue weighted by Gasteiger charge is 2.46. The zero-order valence-electron chi connectivity index (χ0n) is 10.0. The van der Waals surface area contributed by atoms with Gasteiger partial charge in [-0.2, -0.15) is 0 Å². The molecule has 0 unspecified atom stereocenters. The first-order valence-corrected chi connectivity index (χ1v) is 6.27. The maximum absolute atomic E-state index is 3.73. The third kappa shape index (κ3) is 2.31. The third-order valence-corrected chi connectivity index (χ3v) is 4.01. The summed E-state index contributed by atoms with van der Waals surface area (Å²) in [6.07, 6.45) is 8.93. The Morgan fingerprint density at radius 3 is 2.14 bits per heavy atom. The monoisotopic (exact) mass is 195 g/mol. The van der Waals surface area contributed by atoms with Gasteiger partial charge in [-0.25, -0.2) is 0 Å². The van der Waals surface area contributed by atoms with Crippen LogP contribution in [-0.4, -0.2) is 12.1 Å². The van der Waals surface area contributed by atoms with Crippen molar-refractivity contribution in [2.75, 3.05) is 6.54 Å². The summed E-state index contributed by atoms with van der Waals surface area (Å²) in [7, 11) is 0. The maximum atomic E-state index is 3.73. The first-order chi connectivity index (χ1) is 6.52. The average molecular weight is 195 g/mol. The fourth-order valence-electron chi connectivity index (χ4n) is 2.95. The molecule has 2 aliphatic rings. The molecule has 2 fully saturated rings. The minimum absolute atomic E-state index is 0.296. The molecule has 0 aromatic rings. The van der Waals surface area contributed by atoms with E-state index < -0.39 is 0 Å². The summed E-state index contributed by atoms with van der Waals surface area (Å²) in [5, 5.41) is 3.73. The van der Waals surface area contributed by atoms with Gasteiger partial charge < -0.3 is 5.32 Å². The lowest BCUT2D eigenvalue weighted by molar-refractivity contribution is 0.211. The summed E-state index contributed by atoms with van der Waals surface area (Å²) < 4.78 is 0. The van der Waals surface area contributed by atoms with Gasteiger partial charge in [-0.15, -0.1) is 0 Å². The first kappa shape index (κ1) is 10.5. The van der Waals surface area contributed by atoms with Crippen LogP contribution in [0.15, 0.2) is 0 Å². The Morgan fingerprint density at radius 1 is 1.14 bits per heavy atom. The predicted molar refractivity (Wildman–Crippen MR) is 61.4 cm³/mol. The minimum Gasteiger partial charge on any atom is -0.312 e. The molecule has 0 heterocycles. The van der Waals surface area contributed by atoms with Crippen LogP contribution in [-0.2, 0) is 0 Å². The Morgan fingerprint density at radius 2 is 1.71 bits per heavy atom. The Kier molecular flexibility index (Phi) is 2.63. The molecule has 0 spiro atoms. The smallest absolute Gasteiger partial charge is 0.00967 e. The van der Waals surface area contributed by atoms with E-state index in [9.17, 15) is 0 Å². The second-order valence-electron chi connectivity index (χ2n) is 6.45. The number of nitrogens with one attached hydrogen (secondary N) is 1. The van der Waals surface area contributed by atoms with Gasteiger partial charge in [0.15, 0.2) is 0 Å². The fraction of sp³-hybridized carbons (Fsp3) is 1.00. The Balaban J connectivity index is 1.91. The molecule has 82 valence electrons. The number of hydrogen-bond acceptors (Lipinski definition) is 1. The Bertz CT molecular complexity index is 192. The molecule has 2 rings (SSSR count). The van der Waals surface area contributed by atoms with Gasteiger partial charge in [-0.05, 0) is 57.8 Å². The van der Waals surface area contributed by atoms with E-state index in [1.807, 2.05) is 0 Å². The number of hydrogen-bond donors (Lipinski definition) is 1. The second kappa shape index (κ2) is 3.52. The summed E-state index contributed by atoms with van der Waals surface area (Å²) in [4.78, 5) is 0. The van der Waals surface area contributed by atoms with E-state index in [1.54, 1.807) is 0 Å². The van der Waals surface area contributed by atoms with E-state index >= 15 is 0 Å². The molecule has 1 N–H and O–H groups in total. The summed E-state index contributed by atoms with van der Waals surface area (Å²) in [5.74, 6) is 1.07. The van der Waals surface area contributed by atoms with Crippen molar-refractivity contribution in [2.45, 2.75) is 64.8 Å². The van der Waals surface area contributed by atoms with E-state index in [1.165, 1.54) is 45.1 Å². The molecule has 0 radical (unpaired) electrons. The fourth-order valence-corrected chi connectivity index (χ4v) is 2.95. The van der Waals surface area contributed by atoms with E-state index in [0.29, 0.717) is 11.0 Å². The van der Waals surface area contributed by atoms with Crippen LogP contribution in [0.5, 0.6) is 0 Å². The molecule has 0 amide bonds. The van der Waals surface area contributed by atoms with Crippen LogP contribution in [0, 0.1) is 11.3 Å². The maximum Gasteiger partial charge on any atom is 0.00967 e. The molecular weight excluding hydrogens is 170 g/mol. The van der Waals surface area contributed by atoms with E-state index in [4.69, 9.17) is 0 Å². The van der Waals surface area contributed by atoms with Crippen molar-refractivity contribution in [3.8, 4) is 0 Å².